The third kappa shape index (κ3) is 4.47. The van der Waals surface area contributed by atoms with Gasteiger partial charge in [0.2, 0.25) is 0 Å². The molecule has 0 spiro atoms. The maximum absolute atomic E-state index is 12.1. The molecule has 8 heteroatoms. The van der Waals surface area contributed by atoms with E-state index in [1.165, 1.54) is 6.08 Å². The highest BCUT2D eigenvalue weighted by Gasteiger charge is 2.18. The van der Waals surface area contributed by atoms with Gasteiger partial charge in [-0.1, -0.05) is 6.07 Å². The second kappa shape index (κ2) is 8.81. The molecule has 0 bridgehead atoms. The summed E-state index contributed by atoms with van der Waals surface area (Å²) in [5.41, 5.74) is 3.43. The molecule has 0 saturated carbocycles. The fraction of sp³-hybridized carbons (Fsp3) is 0.350. The van der Waals surface area contributed by atoms with Crippen LogP contribution in [0.15, 0.2) is 52.8 Å². The van der Waals surface area contributed by atoms with Gasteiger partial charge in [-0.15, -0.1) is 5.10 Å². The van der Waals surface area contributed by atoms with Crippen LogP contribution >= 0.6 is 0 Å². The minimum Gasteiger partial charge on any atom is -0.395 e. The quantitative estimate of drug-likeness (QED) is 0.597. The van der Waals surface area contributed by atoms with Crippen LogP contribution in [0.5, 0.6) is 0 Å². The zero-order valence-electron chi connectivity index (χ0n) is 16.4. The molecule has 2 aromatic heterocycles. The summed E-state index contributed by atoms with van der Waals surface area (Å²) < 4.78 is 1.78. The Hall–Kier alpha value is -2.97. The number of fused-ring (bicyclic) bond motifs is 1. The summed E-state index contributed by atoms with van der Waals surface area (Å²) in [5, 5.41) is 20.2. The lowest BCUT2D eigenvalue weighted by Crippen LogP contribution is -2.26. The van der Waals surface area contributed by atoms with Gasteiger partial charge in [0.05, 0.1) is 23.5 Å². The summed E-state index contributed by atoms with van der Waals surface area (Å²) in [6.07, 6.45) is 5.16. The number of ketones is 1. The number of aliphatic hydroxyl groups excluding tert-OH is 1. The van der Waals surface area contributed by atoms with Gasteiger partial charge in [-0.25, -0.2) is 9.51 Å². The predicted molar refractivity (Wildman–Crippen MR) is 111 cm³/mol. The number of allylic oxidation sites excluding steroid dienone is 3. The third-order valence-electron chi connectivity index (χ3n) is 4.32. The topological polar surface area (TPSA) is 94.3 Å². The summed E-state index contributed by atoms with van der Waals surface area (Å²) in [4.78, 5) is 19.0. The third-order valence-corrected chi connectivity index (χ3v) is 4.32. The van der Waals surface area contributed by atoms with Gasteiger partial charge in [-0.05, 0) is 44.8 Å². The monoisotopic (exact) mass is 382 g/mol. The Balaban J connectivity index is 2.02. The van der Waals surface area contributed by atoms with Crippen molar-refractivity contribution in [1.82, 2.24) is 19.8 Å². The van der Waals surface area contributed by atoms with Gasteiger partial charge >= 0.3 is 0 Å². The van der Waals surface area contributed by atoms with Gasteiger partial charge < -0.3 is 20.6 Å². The predicted octanol–water partition coefficient (Wildman–Crippen LogP) is 1.38. The van der Waals surface area contributed by atoms with Gasteiger partial charge in [-0.3, -0.25) is 4.79 Å². The highest BCUT2D eigenvalue weighted by atomic mass is 16.3. The molecule has 0 atom stereocenters. The van der Waals surface area contributed by atoms with Crippen molar-refractivity contribution in [3.05, 3.63) is 47.8 Å². The highest BCUT2D eigenvalue weighted by Crippen LogP contribution is 2.31. The molecule has 148 valence electrons. The van der Waals surface area contributed by atoms with E-state index in [1.54, 1.807) is 17.5 Å². The average Bonchev–Trinajstić information content (AvgIpc) is 3.00. The maximum Gasteiger partial charge on any atom is 0.183 e. The molecule has 0 unspecified atom stereocenters. The van der Waals surface area contributed by atoms with Crippen LogP contribution in [0.2, 0.25) is 0 Å². The molecule has 1 aliphatic rings. The molecule has 0 saturated heterocycles. The fourth-order valence-corrected chi connectivity index (χ4v) is 2.83. The standard InChI is InChI=1S/C20H26N6O2/c1-14-12-16(15(13-18(14)28)21-8-11-27)23-19-17-6-4-5-9-26(17)24-20(19)22-7-10-25(2)3/h4-6,9,12-13,21,27H,7-8,10-11H2,1-3H3,(H,22,24)/b23-16+. The number of pyridine rings is 1. The summed E-state index contributed by atoms with van der Waals surface area (Å²) in [7, 11) is 4.03. The van der Waals surface area contributed by atoms with E-state index in [9.17, 15) is 4.79 Å². The fourth-order valence-electron chi connectivity index (χ4n) is 2.83. The smallest absolute Gasteiger partial charge is 0.183 e. The molecule has 28 heavy (non-hydrogen) atoms. The van der Waals surface area contributed by atoms with Gasteiger partial charge in [0.25, 0.3) is 0 Å². The molecule has 3 N–H and O–H groups in total. The first-order chi connectivity index (χ1) is 13.5. The molecule has 2 heterocycles. The Morgan fingerprint density at radius 3 is 2.79 bits per heavy atom. The number of hydrogen-bond donors (Lipinski definition) is 3. The van der Waals surface area contributed by atoms with Crippen LogP contribution in [-0.2, 0) is 4.79 Å². The van der Waals surface area contributed by atoms with Crippen LogP contribution < -0.4 is 10.6 Å². The van der Waals surface area contributed by atoms with Crippen molar-refractivity contribution in [1.29, 1.82) is 0 Å². The number of carbonyl (C=O) groups is 1. The van der Waals surface area contributed by atoms with Crippen LogP contribution in [0.3, 0.4) is 0 Å². The van der Waals surface area contributed by atoms with E-state index in [0.29, 0.717) is 35.0 Å². The van der Waals surface area contributed by atoms with Crippen LogP contribution in [0, 0.1) is 0 Å². The number of carbonyl (C=O) groups excluding carboxylic acids is 1. The van der Waals surface area contributed by atoms with Crippen molar-refractivity contribution in [3.63, 3.8) is 0 Å². The SMILES string of the molecule is CC1=C/C(=N\c2c(NCCN(C)C)nn3ccccc23)C(NCCO)=CC1=O. The second-order valence-electron chi connectivity index (χ2n) is 6.85. The van der Waals surface area contributed by atoms with Crippen LogP contribution in [0.4, 0.5) is 11.5 Å². The largest absolute Gasteiger partial charge is 0.395 e. The van der Waals surface area contributed by atoms with Gasteiger partial charge in [0.1, 0.15) is 5.69 Å². The molecule has 0 fully saturated rings. The van der Waals surface area contributed by atoms with E-state index in [1.807, 2.05) is 38.5 Å². The lowest BCUT2D eigenvalue weighted by atomic mass is 10.0. The number of rotatable bonds is 8. The lowest BCUT2D eigenvalue weighted by Gasteiger charge is -2.15. The Labute approximate surface area is 164 Å². The molecule has 0 radical (unpaired) electrons. The summed E-state index contributed by atoms with van der Waals surface area (Å²) >= 11 is 0. The van der Waals surface area contributed by atoms with Crippen LogP contribution in [0.25, 0.3) is 5.52 Å². The summed E-state index contributed by atoms with van der Waals surface area (Å²) in [6.45, 7) is 3.67. The molecule has 1 aliphatic carbocycles. The van der Waals surface area contributed by atoms with Crippen LogP contribution in [0.1, 0.15) is 6.92 Å². The Kier molecular flexibility index (Phi) is 6.23. The van der Waals surface area contributed by atoms with E-state index in [0.717, 1.165) is 18.6 Å². The molecule has 2 aromatic rings. The van der Waals surface area contributed by atoms with E-state index in [2.05, 4.69) is 20.6 Å². The first-order valence-electron chi connectivity index (χ1n) is 9.23. The normalized spacial score (nSPS) is 15.9. The van der Waals surface area contributed by atoms with Gasteiger partial charge in [-0.2, -0.15) is 0 Å². The van der Waals surface area contributed by atoms with Crippen molar-refractivity contribution in [2.24, 2.45) is 4.99 Å². The number of nitrogens with zero attached hydrogens (tertiary/aromatic N) is 4. The second-order valence-corrected chi connectivity index (χ2v) is 6.85. The number of hydrogen-bond acceptors (Lipinski definition) is 7. The molecule has 0 aliphatic heterocycles. The first-order valence-corrected chi connectivity index (χ1v) is 9.23. The number of nitrogens with one attached hydrogen (secondary N) is 2. The highest BCUT2D eigenvalue weighted by molar-refractivity contribution is 6.22. The number of anilines is 1. The van der Waals surface area contributed by atoms with Gasteiger partial charge in [0.15, 0.2) is 11.6 Å². The molecule has 0 amide bonds. The number of aliphatic imine (C=N–C) groups is 1. The molecule has 0 aromatic carbocycles. The maximum atomic E-state index is 12.1. The van der Waals surface area contributed by atoms with Gasteiger partial charge in [0, 0.05) is 31.9 Å². The Morgan fingerprint density at radius 2 is 2.04 bits per heavy atom. The first kappa shape index (κ1) is 19.8. The average molecular weight is 382 g/mol. The zero-order valence-corrected chi connectivity index (χ0v) is 16.4. The van der Waals surface area contributed by atoms with Crippen molar-refractivity contribution in [2.45, 2.75) is 6.92 Å². The molecular weight excluding hydrogens is 356 g/mol. The van der Waals surface area contributed by atoms with E-state index in [-0.39, 0.29) is 12.4 Å². The van der Waals surface area contributed by atoms with E-state index in [4.69, 9.17) is 10.1 Å². The summed E-state index contributed by atoms with van der Waals surface area (Å²) in [6, 6.07) is 5.81. The van der Waals surface area contributed by atoms with Crippen molar-refractivity contribution < 1.29 is 9.90 Å². The molecular formula is C20H26N6O2. The Bertz CT molecular complexity index is 955. The number of likely N-dealkylation sites (N-methyl/N-ethyl adjacent to an activating group) is 1. The minimum atomic E-state index is -0.0661. The number of aliphatic hydroxyl groups is 1. The van der Waals surface area contributed by atoms with Crippen molar-refractivity contribution >= 4 is 28.5 Å². The van der Waals surface area contributed by atoms with Crippen molar-refractivity contribution in [3.8, 4) is 0 Å². The van der Waals surface area contributed by atoms with Crippen molar-refractivity contribution in [2.75, 3.05) is 45.7 Å². The number of aromatic nitrogens is 2. The summed E-state index contributed by atoms with van der Waals surface area (Å²) in [5.74, 6) is 0.619. The zero-order chi connectivity index (χ0) is 20.1. The van der Waals surface area contributed by atoms with E-state index < -0.39 is 0 Å². The molecule has 3 rings (SSSR count). The minimum absolute atomic E-state index is 0.0322. The lowest BCUT2D eigenvalue weighted by molar-refractivity contribution is -0.111. The van der Waals surface area contributed by atoms with E-state index >= 15 is 0 Å². The molecule has 8 nitrogen and oxygen atoms in total. The van der Waals surface area contributed by atoms with Crippen LogP contribution in [-0.4, -0.2) is 71.5 Å². The Morgan fingerprint density at radius 1 is 1.21 bits per heavy atom.